The fraction of sp³-hybridized carbons (Fsp3) is 0.250. The summed E-state index contributed by atoms with van der Waals surface area (Å²) in [6, 6.07) is 16.2. The second-order valence-electron chi connectivity index (χ2n) is 4.77. The molecule has 2 nitrogen and oxygen atoms in total. The van der Waals surface area contributed by atoms with Crippen molar-refractivity contribution in [3.05, 3.63) is 63.6 Å². The van der Waals surface area contributed by atoms with Gasteiger partial charge in [0.2, 0.25) is 0 Å². The highest BCUT2D eigenvalue weighted by Gasteiger charge is 2.02. The van der Waals surface area contributed by atoms with Gasteiger partial charge in [-0.1, -0.05) is 51.8 Å². The molecule has 0 saturated carbocycles. The Balaban J connectivity index is 1.78. The predicted octanol–water partition coefficient (Wildman–Crippen LogP) is 4.65. The molecule has 0 radical (unpaired) electrons. The standard InChI is InChI=1S/C16H18BrClN2/c1-20(12-13-5-4-6-14(17)11-13)10-9-19-16-8-3-2-7-15(16)18/h2-8,11,19H,9-10,12H2,1H3. The number of hydrogen-bond donors (Lipinski definition) is 1. The average molecular weight is 354 g/mol. The summed E-state index contributed by atoms with van der Waals surface area (Å²) in [5.41, 5.74) is 2.30. The zero-order valence-corrected chi connectivity index (χ0v) is 13.8. The van der Waals surface area contributed by atoms with Crippen molar-refractivity contribution in [2.45, 2.75) is 6.54 Å². The van der Waals surface area contributed by atoms with Crippen LogP contribution in [0.2, 0.25) is 5.02 Å². The lowest BCUT2D eigenvalue weighted by atomic mass is 10.2. The SMILES string of the molecule is CN(CCNc1ccccc1Cl)Cc1cccc(Br)c1. The van der Waals surface area contributed by atoms with Crippen molar-refractivity contribution < 1.29 is 0 Å². The van der Waals surface area contributed by atoms with E-state index < -0.39 is 0 Å². The van der Waals surface area contributed by atoms with E-state index in [1.165, 1.54) is 5.56 Å². The molecule has 1 N–H and O–H groups in total. The summed E-state index contributed by atoms with van der Waals surface area (Å²) in [5.74, 6) is 0. The molecule has 0 bridgehead atoms. The molecule has 0 unspecified atom stereocenters. The Morgan fingerprint density at radius 1 is 1.15 bits per heavy atom. The van der Waals surface area contributed by atoms with E-state index in [1.54, 1.807) is 0 Å². The van der Waals surface area contributed by atoms with Crippen LogP contribution in [-0.4, -0.2) is 25.0 Å². The highest BCUT2D eigenvalue weighted by atomic mass is 79.9. The number of likely N-dealkylation sites (N-methyl/N-ethyl adjacent to an activating group) is 1. The minimum absolute atomic E-state index is 0.766. The fourth-order valence-electron chi connectivity index (χ4n) is 2.01. The summed E-state index contributed by atoms with van der Waals surface area (Å²) in [4.78, 5) is 2.28. The van der Waals surface area contributed by atoms with Gasteiger partial charge in [-0.25, -0.2) is 0 Å². The Kier molecular flexibility index (Phi) is 5.89. The molecule has 0 spiro atoms. The van der Waals surface area contributed by atoms with Crippen LogP contribution in [0.5, 0.6) is 0 Å². The molecule has 0 amide bonds. The Labute approximate surface area is 133 Å². The van der Waals surface area contributed by atoms with E-state index >= 15 is 0 Å². The molecule has 4 heteroatoms. The molecule has 0 aliphatic heterocycles. The van der Waals surface area contributed by atoms with Crippen LogP contribution in [0, 0.1) is 0 Å². The van der Waals surface area contributed by atoms with E-state index in [-0.39, 0.29) is 0 Å². The number of rotatable bonds is 6. The molecule has 20 heavy (non-hydrogen) atoms. The van der Waals surface area contributed by atoms with Crippen molar-refractivity contribution >= 4 is 33.2 Å². The van der Waals surface area contributed by atoms with Gasteiger partial charge in [0, 0.05) is 24.1 Å². The number of halogens is 2. The summed E-state index contributed by atoms with van der Waals surface area (Å²) in [6.45, 7) is 2.76. The van der Waals surface area contributed by atoms with Crippen molar-refractivity contribution in [2.75, 3.05) is 25.5 Å². The van der Waals surface area contributed by atoms with Gasteiger partial charge in [-0.3, -0.25) is 0 Å². The van der Waals surface area contributed by atoms with Gasteiger partial charge in [0.05, 0.1) is 10.7 Å². The Morgan fingerprint density at radius 2 is 1.95 bits per heavy atom. The Bertz CT molecular complexity index is 560. The van der Waals surface area contributed by atoms with Gasteiger partial charge in [-0.15, -0.1) is 0 Å². The molecule has 2 rings (SSSR count). The van der Waals surface area contributed by atoms with Gasteiger partial charge in [-0.2, -0.15) is 0 Å². The largest absolute Gasteiger partial charge is 0.383 e. The Hall–Kier alpha value is -1.03. The first kappa shape index (κ1) is 15.4. The number of para-hydroxylation sites is 1. The second kappa shape index (κ2) is 7.67. The molecular formula is C16H18BrClN2. The van der Waals surface area contributed by atoms with Crippen molar-refractivity contribution in [2.24, 2.45) is 0 Å². The first-order valence-electron chi connectivity index (χ1n) is 6.56. The van der Waals surface area contributed by atoms with Crippen LogP contribution in [0.15, 0.2) is 53.0 Å². The summed E-state index contributed by atoms with van der Waals surface area (Å²) < 4.78 is 1.12. The number of nitrogens with one attached hydrogen (secondary N) is 1. The zero-order valence-electron chi connectivity index (χ0n) is 11.4. The second-order valence-corrected chi connectivity index (χ2v) is 6.10. The van der Waals surface area contributed by atoms with Gasteiger partial charge < -0.3 is 10.2 Å². The maximum Gasteiger partial charge on any atom is 0.0637 e. The highest BCUT2D eigenvalue weighted by Crippen LogP contribution is 2.20. The van der Waals surface area contributed by atoms with Gasteiger partial charge in [0.15, 0.2) is 0 Å². The highest BCUT2D eigenvalue weighted by molar-refractivity contribution is 9.10. The van der Waals surface area contributed by atoms with E-state index in [4.69, 9.17) is 11.6 Å². The van der Waals surface area contributed by atoms with Gasteiger partial charge in [-0.05, 0) is 36.9 Å². The number of benzene rings is 2. The number of hydrogen-bond acceptors (Lipinski definition) is 2. The molecule has 0 atom stereocenters. The van der Waals surface area contributed by atoms with Crippen LogP contribution >= 0.6 is 27.5 Å². The van der Waals surface area contributed by atoms with Crippen molar-refractivity contribution in [1.82, 2.24) is 4.90 Å². The number of nitrogens with zero attached hydrogens (tertiary/aromatic N) is 1. The maximum absolute atomic E-state index is 6.11. The van der Waals surface area contributed by atoms with E-state index in [9.17, 15) is 0 Å². The predicted molar refractivity (Wildman–Crippen MR) is 90.4 cm³/mol. The van der Waals surface area contributed by atoms with Gasteiger partial charge in [0.25, 0.3) is 0 Å². The fourth-order valence-corrected chi connectivity index (χ4v) is 2.66. The van der Waals surface area contributed by atoms with E-state index in [1.807, 2.05) is 30.3 Å². The molecule has 106 valence electrons. The van der Waals surface area contributed by atoms with Crippen molar-refractivity contribution in [1.29, 1.82) is 0 Å². The minimum Gasteiger partial charge on any atom is -0.383 e. The monoisotopic (exact) mass is 352 g/mol. The van der Waals surface area contributed by atoms with E-state index in [2.05, 4.69) is 51.4 Å². The lowest BCUT2D eigenvalue weighted by molar-refractivity contribution is 0.340. The lowest BCUT2D eigenvalue weighted by Crippen LogP contribution is -2.24. The molecule has 0 aliphatic carbocycles. The first-order valence-corrected chi connectivity index (χ1v) is 7.73. The quantitative estimate of drug-likeness (QED) is 0.813. The summed E-state index contributed by atoms with van der Waals surface area (Å²) in [7, 11) is 2.12. The minimum atomic E-state index is 0.766. The molecule has 0 aromatic heterocycles. The summed E-state index contributed by atoms with van der Waals surface area (Å²) in [6.07, 6.45) is 0. The van der Waals surface area contributed by atoms with Gasteiger partial charge in [0.1, 0.15) is 0 Å². The third kappa shape index (κ3) is 4.82. The van der Waals surface area contributed by atoms with Crippen LogP contribution in [0.1, 0.15) is 5.56 Å². The molecule has 0 saturated heterocycles. The molecule has 2 aromatic rings. The van der Waals surface area contributed by atoms with E-state index in [0.29, 0.717) is 0 Å². The third-order valence-corrected chi connectivity index (χ3v) is 3.85. The smallest absolute Gasteiger partial charge is 0.0637 e. The topological polar surface area (TPSA) is 15.3 Å². The molecule has 2 aromatic carbocycles. The van der Waals surface area contributed by atoms with Crippen molar-refractivity contribution in [3.8, 4) is 0 Å². The zero-order chi connectivity index (χ0) is 14.4. The van der Waals surface area contributed by atoms with Crippen LogP contribution in [0.3, 0.4) is 0 Å². The molecule has 0 aliphatic rings. The number of anilines is 1. The normalized spacial score (nSPS) is 10.8. The molecular weight excluding hydrogens is 336 g/mol. The maximum atomic E-state index is 6.11. The first-order chi connectivity index (χ1) is 9.65. The summed E-state index contributed by atoms with van der Waals surface area (Å²) in [5, 5.41) is 4.12. The molecule has 0 fully saturated rings. The summed E-state index contributed by atoms with van der Waals surface area (Å²) >= 11 is 9.60. The van der Waals surface area contributed by atoms with Gasteiger partial charge >= 0.3 is 0 Å². The average Bonchev–Trinajstić information content (AvgIpc) is 2.41. The Morgan fingerprint density at radius 3 is 2.70 bits per heavy atom. The molecule has 0 heterocycles. The van der Waals surface area contributed by atoms with Crippen LogP contribution in [0.25, 0.3) is 0 Å². The van der Waals surface area contributed by atoms with Crippen molar-refractivity contribution in [3.63, 3.8) is 0 Å². The van der Waals surface area contributed by atoms with Crippen LogP contribution < -0.4 is 5.32 Å². The lowest BCUT2D eigenvalue weighted by Gasteiger charge is -2.18. The van der Waals surface area contributed by atoms with Crippen LogP contribution in [0.4, 0.5) is 5.69 Å². The third-order valence-electron chi connectivity index (χ3n) is 3.02. The van der Waals surface area contributed by atoms with E-state index in [0.717, 1.165) is 34.8 Å². The van der Waals surface area contributed by atoms with Crippen LogP contribution in [-0.2, 0) is 6.54 Å².